The number of nitrogens with one attached hydrogen (secondary N) is 2. The highest BCUT2D eigenvalue weighted by molar-refractivity contribution is 5.90. The molecule has 0 aliphatic carbocycles. The van der Waals surface area contributed by atoms with Crippen molar-refractivity contribution in [2.45, 2.75) is 53.1 Å². The number of esters is 1. The van der Waals surface area contributed by atoms with Crippen molar-refractivity contribution in [1.29, 1.82) is 0 Å². The van der Waals surface area contributed by atoms with Crippen LogP contribution in [0.15, 0.2) is 0 Å². The van der Waals surface area contributed by atoms with Crippen LogP contribution >= 0.6 is 0 Å². The van der Waals surface area contributed by atoms with Gasteiger partial charge in [0.15, 0.2) is 0 Å². The summed E-state index contributed by atoms with van der Waals surface area (Å²) >= 11 is 0. The molecule has 6 heteroatoms. The molecule has 0 aromatic heterocycles. The molecular weight excluding hydrogens is 260 g/mol. The van der Waals surface area contributed by atoms with Gasteiger partial charge in [0, 0.05) is 6.92 Å². The van der Waals surface area contributed by atoms with E-state index >= 15 is 0 Å². The molecule has 0 spiro atoms. The SMILES string of the molecule is COC(=O)C(CC(C)C)NC(=O)C(NC(C)=O)C(C)C. The lowest BCUT2D eigenvalue weighted by Gasteiger charge is -2.24. The molecule has 2 unspecified atom stereocenters. The van der Waals surface area contributed by atoms with Gasteiger partial charge < -0.3 is 15.4 Å². The largest absolute Gasteiger partial charge is 0.467 e. The van der Waals surface area contributed by atoms with Crippen LogP contribution in [0.4, 0.5) is 0 Å². The first-order valence-electron chi connectivity index (χ1n) is 6.84. The second-order valence-electron chi connectivity index (χ2n) is 5.64. The number of amides is 2. The first-order valence-corrected chi connectivity index (χ1v) is 6.84. The molecule has 2 N–H and O–H groups in total. The van der Waals surface area contributed by atoms with Gasteiger partial charge in [0.25, 0.3) is 0 Å². The van der Waals surface area contributed by atoms with E-state index in [0.29, 0.717) is 6.42 Å². The van der Waals surface area contributed by atoms with Crippen LogP contribution < -0.4 is 10.6 Å². The monoisotopic (exact) mass is 286 g/mol. The van der Waals surface area contributed by atoms with E-state index in [-0.39, 0.29) is 23.7 Å². The van der Waals surface area contributed by atoms with Gasteiger partial charge >= 0.3 is 5.97 Å². The summed E-state index contributed by atoms with van der Waals surface area (Å²) in [5.41, 5.74) is 0. The summed E-state index contributed by atoms with van der Waals surface area (Å²) in [5.74, 6) is -0.963. The summed E-state index contributed by atoms with van der Waals surface area (Å²) in [6.45, 7) is 8.92. The number of carbonyl (C=O) groups excluding carboxylic acids is 3. The van der Waals surface area contributed by atoms with E-state index in [4.69, 9.17) is 4.74 Å². The topological polar surface area (TPSA) is 84.5 Å². The summed E-state index contributed by atoms with van der Waals surface area (Å²) in [6, 6.07) is -1.35. The van der Waals surface area contributed by atoms with Crippen LogP contribution in [0, 0.1) is 11.8 Å². The zero-order valence-electron chi connectivity index (χ0n) is 13.1. The van der Waals surface area contributed by atoms with Gasteiger partial charge in [-0.2, -0.15) is 0 Å². The highest BCUT2D eigenvalue weighted by Gasteiger charge is 2.28. The first-order chi connectivity index (χ1) is 9.18. The van der Waals surface area contributed by atoms with Gasteiger partial charge in [-0.25, -0.2) is 4.79 Å². The Morgan fingerprint density at radius 1 is 1.05 bits per heavy atom. The molecule has 116 valence electrons. The van der Waals surface area contributed by atoms with Gasteiger partial charge in [0.05, 0.1) is 7.11 Å². The summed E-state index contributed by atoms with van der Waals surface area (Å²) in [5, 5.41) is 5.25. The first kappa shape index (κ1) is 18.4. The Kier molecular flexibility index (Phi) is 7.87. The minimum absolute atomic E-state index is 0.0729. The van der Waals surface area contributed by atoms with Crippen LogP contribution in [0.5, 0.6) is 0 Å². The Labute approximate surface area is 120 Å². The molecule has 0 aromatic rings. The maximum absolute atomic E-state index is 12.2. The van der Waals surface area contributed by atoms with Crippen molar-refractivity contribution in [1.82, 2.24) is 10.6 Å². The molecule has 0 fully saturated rings. The Bertz CT molecular complexity index is 353. The van der Waals surface area contributed by atoms with Crippen molar-refractivity contribution >= 4 is 17.8 Å². The molecule has 0 saturated heterocycles. The molecule has 0 aliphatic rings. The smallest absolute Gasteiger partial charge is 0.328 e. The van der Waals surface area contributed by atoms with Crippen molar-refractivity contribution in [3.63, 3.8) is 0 Å². The molecule has 2 amide bonds. The molecule has 20 heavy (non-hydrogen) atoms. The van der Waals surface area contributed by atoms with Gasteiger partial charge in [0.2, 0.25) is 11.8 Å². The Morgan fingerprint density at radius 3 is 1.95 bits per heavy atom. The molecule has 0 aromatic carbocycles. The molecule has 0 heterocycles. The summed E-state index contributed by atoms with van der Waals surface area (Å²) in [4.78, 5) is 35.0. The maximum atomic E-state index is 12.2. The standard InChI is InChI=1S/C14H26N2O4/c1-8(2)7-11(14(19)20-6)16-13(18)12(9(3)4)15-10(5)17/h8-9,11-12H,7H2,1-6H3,(H,15,17)(H,16,18). The van der Waals surface area contributed by atoms with E-state index in [1.165, 1.54) is 14.0 Å². The summed E-state index contributed by atoms with van der Waals surface area (Å²) in [7, 11) is 1.29. The maximum Gasteiger partial charge on any atom is 0.328 e. The van der Waals surface area contributed by atoms with Crippen molar-refractivity contribution in [3.8, 4) is 0 Å². The van der Waals surface area contributed by atoms with Crippen LogP contribution in [0.2, 0.25) is 0 Å². The fourth-order valence-electron chi connectivity index (χ4n) is 1.84. The van der Waals surface area contributed by atoms with Crippen LogP contribution in [0.1, 0.15) is 41.0 Å². The van der Waals surface area contributed by atoms with Crippen LogP contribution in [-0.4, -0.2) is 37.0 Å². The molecule has 0 bridgehead atoms. The Balaban J connectivity index is 4.86. The van der Waals surface area contributed by atoms with Crippen molar-refractivity contribution in [3.05, 3.63) is 0 Å². The van der Waals surface area contributed by atoms with Gasteiger partial charge in [-0.1, -0.05) is 27.7 Å². The van der Waals surface area contributed by atoms with Crippen molar-refractivity contribution in [2.75, 3.05) is 7.11 Å². The third-order valence-corrected chi connectivity index (χ3v) is 2.82. The molecule has 0 saturated carbocycles. The lowest BCUT2D eigenvalue weighted by atomic mass is 10.0. The minimum Gasteiger partial charge on any atom is -0.467 e. The van der Waals surface area contributed by atoms with E-state index in [2.05, 4.69) is 10.6 Å². The summed E-state index contributed by atoms with van der Waals surface area (Å²) in [6.07, 6.45) is 0.489. The fraction of sp³-hybridized carbons (Fsp3) is 0.786. The third-order valence-electron chi connectivity index (χ3n) is 2.82. The quantitative estimate of drug-likeness (QED) is 0.680. The fourth-order valence-corrected chi connectivity index (χ4v) is 1.84. The van der Waals surface area contributed by atoms with Gasteiger partial charge in [-0.3, -0.25) is 9.59 Å². The lowest BCUT2D eigenvalue weighted by Crippen LogP contribution is -2.53. The van der Waals surface area contributed by atoms with Crippen LogP contribution in [-0.2, 0) is 19.1 Å². The number of hydrogen-bond donors (Lipinski definition) is 2. The molecule has 2 atom stereocenters. The molecule has 0 aliphatic heterocycles. The highest BCUT2D eigenvalue weighted by atomic mass is 16.5. The average molecular weight is 286 g/mol. The Hall–Kier alpha value is -1.59. The third kappa shape index (κ3) is 6.54. The number of methoxy groups -OCH3 is 1. The summed E-state index contributed by atoms with van der Waals surface area (Å²) < 4.78 is 4.69. The lowest BCUT2D eigenvalue weighted by molar-refractivity contribution is -0.146. The van der Waals surface area contributed by atoms with Crippen LogP contribution in [0.25, 0.3) is 0 Å². The zero-order valence-corrected chi connectivity index (χ0v) is 13.1. The Morgan fingerprint density at radius 2 is 1.60 bits per heavy atom. The molecular formula is C14H26N2O4. The zero-order chi connectivity index (χ0) is 15.9. The van der Waals surface area contributed by atoms with Gasteiger partial charge in [-0.15, -0.1) is 0 Å². The molecule has 0 radical (unpaired) electrons. The average Bonchev–Trinajstić information content (AvgIpc) is 2.32. The number of rotatable bonds is 7. The number of carbonyl (C=O) groups is 3. The number of ether oxygens (including phenoxy) is 1. The van der Waals surface area contributed by atoms with E-state index in [1.807, 2.05) is 27.7 Å². The van der Waals surface area contributed by atoms with Crippen molar-refractivity contribution < 1.29 is 19.1 Å². The molecule has 6 nitrogen and oxygen atoms in total. The van der Waals surface area contributed by atoms with E-state index in [1.54, 1.807) is 0 Å². The normalized spacial score (nSPS) is 13.8. The van der Waals surface area contributed by atoms with E-state index in [0.717, 1.165) is 0 Å². The van der Waals surface area contributed by atoms with Crippen LogP contribution in [0.3, 0.4) is 0 Å². The van der Waals surface area contributed by atoms with E-state index in [9.17, 15) is 14.4 Å². The van der Waals surface area contributed by atoms with Crippen molar-refractivity contribution in [2.24, 2.45) is 11.8 Å². The predicted octanol–water partition coefficient (Wildman–Crippen LogP) is 0.851. The number of hydrogen-bond acceptors (Lipinski definition) is 4. The van der Waals surface area contributed by atoms with Gasteiger partial charge in [-0.05, 0) is 18.3 Å². The highest BCUT2D eigenvalue weighted by Crippen LogP contribution is 2.08. The van der Waals surface area contributed by atoms with E-state index < -0.39 is 18.1 Å². The molecule has 0 rings (SSSR count). The predicted molar refractivity (Wildman–Crippen MR) is 75.8 cm³/mol. The minimum atomic E-state index is -0.692. The van der Waals surface area contributed by atoms with Gasteiger partial charge in [0.1, 0.15) is 12.1 Å². The second kappa shape index (κ2) is 8.55. The second-order valence-corrected chi connectivity index (χ2v) is 5.64.